The highest BCUT2D eigenvalue weighted by atomic mass is 16.3. The number of hydrogen-bond acceptors (Lipinski definition) is 3. The van der Waals surface area contributed by atoms with Gasteiger partial charge in [-0.3, -0.25) is 9.55 Å². The number of pyridine rings is 1. The Morgan fingerprint density at radius 3 is 1.72 bits per heavy atom. The quantitative estimate of drug-likeness (QED) is 0.166. The number of hydrogen-bond donors (Lipinski definition) is 1. The van der Waals surface area contributed by atoms with Crippen molar-refractivity contribution in [1.82, 2.24) is 14.5 Å². The number of para-hydroxylation sites is 1. The number of rotatable bonds is 8. The first-order chi connectivity index (χ1) is 37.7. The normalized spacial score (nSPS) is 17.8. The lowest BCUT2D eigenvalue weighted by Crippen LogP contribution is -2.17. The van der Waals surface area contributed by atoms with Gasteiger partial charge in [-0.05, 0) is 127 Å². The van der Waals surface area contributed by atoms with E-state index in [1.165, 1.54) is 0 Å². The smallest absolute Gasteiger partial charge is 0.149 e. The Hall–Kier alpha value is -6.26. The van der Waals surface area contributed by atoms with Crippen LogP contribution >= 0.6 is 0 Å². The molecule has 326 valence electrons. The molecule has 0 radical (unpaired) electrons. The number of nitrogens with zero attached hydrogens (tertiary/aromatic N) is 3. The third kappa shape index (κ3) is 8.55. The fourth-order valence-corrected chi connectivity index (χ4v) is 8.42. The standard InChI is InChI=1S/C60H65N3O/c1-37(2)48-32-42(40-23-18-15-19-24-40)33-49(38(3)4)55(48)63-53-26-20-25-47(54(53)62-57(63)50-35-46(59(8,9)10)36-51(56(50)64)60(11,12)13)43-29-44(31-45(30-43)58(5,6)7)52-34-41(27-28-61-52)39-21-16-14-17-22-39/h14-38,64H,1-13H3/i8D3,9D3,10D3,11D3,12D3,13D3. The first-order valence-electron chi connectivity index (χ1n) is 30.5. The average molecular weight is 862 g/mol. The predicted octanol–water partition coefficient (Wildman–Crippen LogP) is 16.6. The second-order valence-electron chi connectivity index (χ2n) is 18.4. The maximum Gasteiger partial charge on any atom is 0.149 e. The van der Waals surface area contributed by atoms with Crippen molar-refractivity contribution in [2.75, 3.05) is 0 Å². The minimum Gasteiger partial charge on any atom is -0.507 e. The van der Waals surface area contributed by atoms with Gasteiger partial charge in [0.15, 0.2) is 0 Å². The molecule has 0 unspecified atom stereocenters. The number of phenols is 1. The van der Waals surface area contributed by atoms with Crippen LogP contribution in [0.4, 0.5) is 0 Å². The molecule has 1 N–H and O–H groups in total. The summed E-state index contributed by atoms with van der Waals surface area (Å²) in [4.78, 5) is 10.1. The van der Waals surface area contributed by atoms with E-state index in [1.807, 2.05) is 137 Å². The average Bonchev–Trinajstić information content (AvgIpc) is 1.34. The van der Waals surface area contributed by atoms with E-state index in [0.29, 0.717) is 45.2 Å². The van der Waals surface area contributed by atoms with E-state index in [4.69, 9.17) is 34.6 Å². The minimum atomic E-state index is -4.13. The van der Waals surface area contributed by atoms with Gasteiger partial charge < -0.3 is 5.11 Å². The van der Waals surface area contributed by atoms with Crippen molar-refractivity contribution >= 4 is 11.0 Å². The lowest BCUT2D eigenvalue weighted by atomic mass is 9.78. The maximum absolute atomic E-state index is 13.2. The van der Waals surface area contributed by atoms with Gasteiger partial charge in [-0.15, -0.1) is 0 Å². The Labute approximate surface area is 407 Å². The molecule has 4 heteroatoms. The van der Waals surface area contributed by atoms with Gasteiger partial charge >= 0.3 is 0 Å². The summed E-state index contributed by atoms with van der Waals surface area (Å²) >= 11 is 0. The second kappa shape index (κ2) is 16.7. The van der Waals surface area contributed by atoms with E-state index in [2.05, 4.69) is 20.8 Å². The van der Waals surface area contributed by atoms with Crippen LogP contribution in [-0.2, 0) is 16.2 Å². The van der Waals surface area contributed by atoms with E-state index in [-0.39, 0.29) is 23.2 Å². The van der Waals surface area contributed by atoms with Crippen molar-refractivity contribution in [3.8, 4) is 67.5 Å². The predicted molar refractivity (Wildman–Crippen MR) is 272 cm³/mol. The summed E-state index contributed by atoms with van der Waals surface area (Å²) in [6.07, 6.45) is 1.73. The van der Waals surface area contributed by atoms with Crippen LogP contribution < -0.4 is 0 Å². The van der Waals surface area contributed by atoms with E-state index < -0.39 is 79.8 Å². The minimum absolute atomic E-state index is 0.214. The molecule has 0 amide bonds. The Morgan fingerprint density at radius 2 is 1.12 bits per heavy atom. The number of phenolic OH excluding ortho intramolecular Hbond substituents is 1. The molecule has 8 aromatic rings. The summed E-state index contributed by atoms with van der Waals surface area (Å²) in [5.74, 6) is -2.32. The van der Waals surface area contributed by atoms with Crippen molar-refractivity contribution in [3.05, 3.63) is 167 Å². The molecule has 64 heavy (non-hydrogen) atoms. The number of benzene rings is 6. The van der Waals surface area contributed by atoms with Crippen LogP contribution in [0.15, 0.2) is 140 Å². The van der Waals surface area contributed by atoms with Gasteiger partial charge in [0.2, 0.25) is 0 Å². The molecule has 0 saturated carbocycles. The Balaban J connectivity index is 1.65. The van der Waals surface area contributed by atoms with Crippen LogP contribution in [0, 0.1) is 0 Å². The van der Waals surface area contributed by atoms with E-state index in [1.54, 1.807) is 22.9 Å². The molecule has 8 rings (SSSR count). The van der Waals surface area contributed by atoms with Crippen LogP contribution in [-0.4, -0.2) is 19.6 Å². The Morgan fingerprint density at radius 1 is 0.531 bits per heavy atom. The highest BCUT2D eigenvalue weighted by Gasteiger charge is 2.31. The Kier molecular flexibility index (Phi) is 7.09. The summed E-state index contributed by atoms with van der Waals surface area (Å²) in [6.45, 7) is -10.5. The molecular weight excluding hydrogens is 779 g/mol. The largest absolute Gasteiger partial charge is 0.507 e. The summed E-state index contributed by atoms with van der Waals surface area (Å²) in [5, 5.41) is 13.2. The zero-order valence-electron chi connectivity index (χ0n) is 55.2. The molecule has 4 nitrogen and oxygen atoms in total. The molecule has 0 aliphatic rings. The summed E-state index contributed by atoms with van der Waals surface area (Å²) in [6, 6.07) is 39.6. The van der Waals surface area contributed by atoms with Crippen LogP contribution in [0.2, 0.25) is 0 Å². The molecule has 2 aromatic heterocycles. The van der Waals surface area contributed by atoms with Gasteiger partial charge in [-0.1, -0.05) is 175 Å². The topological polar surface area (TPSA) is 50.9 Å². The second-order valence-corrected chi connectivity index (χ2v) is 18.4. The van der Waals surface area contributed by atoms with Crippen molar-refractivity contribution in [1.29, 1.82) is 0 Å². The number of imidazole rings is 1. The molecule has 0 saturated heterocycles. The van der Waals surface area contributed by atoms with Crippen molar-refractivity contribution in [3.63, 3.8) is 0 Å². The molecule has 6 aromatic carbocycles. The molecule has 0 aliphatic carbocycles. The molecular formula is C60H65N3O. The van der Waals surface area contributed by atoms with Gasteiger partial charge in [-0.2, -0.15) is 0 Å². The first kappa shape index (κ1) is 27.2. The van der Waals surface area contributed by atoms with Crippen molar-refractivity contribution in [2.24, 2.45) is 0 Å². The van der Waals surface area contributed by atoms with Crippen LogP contribution in [0.25, 0.3) is 72.7 Å². The lowest BCUT2D eigenvalue weighted by Gasteiger charge is -2.28. The molecule has 0 fully saturated rings. The number of fused-ring (bicyclic) bond motifs is 1. The van der Waals surface area contributed by atoms with Crippen LogP contribution in [0.3, 0.4) is 0 Å². The van der Waals surface area contributed by atoms with Crippen LogP contribution in [0.1, 0.15) is 154 Å². The monoisotopic (exact) mass is 862 g/mol. The van der Waals surface area contributed by atoms with Crippen molar-refractivity contribution in [2.45, 2.75) is 118 Å². The highest BCUT2D eigenvalue weighted by molar-refractivity contribution is 5.97. The van der Waals surface area contributed by atoms with Gasteiger partial charge in [0.1, 0.15) is 11.6 Å². The third-order valence-electron chi connectivity index (χ3n) is 11.9. The summed E-state index contributed by atoms with van der Waals surface area (Å²) in [5.41, 5.74) is -2.65. The molecule has 2 heterocycles. The van der Waals surface area contributed by atoms with Gasteiger partial charge in [0.25, 0.3) is 0 Å². The fraction of sp³-hybridized carbons (Fsp3) is 0.300. The van der Waals surface area contributed by atoms with Gasteiger partial charge in [-0.25, -0.2) is 4.98 Å². The molecule has 0 atom stereocenters. The zero-order chi connectivity index (χ0) is 60.9. The van der Waals surface area contributed by atoms with Crippen molar-refractivity contribution < 1.29 is 29.8 Å². The van der Waals surface area contributed by atoms with Gasteiger partial charge in [0, 0.05) is 47.6 Å². The number of aromatic hydroxyl groups is 1. The van der Waals surface area contributed by atoms with E-state index in [0.717, 1.165) is 39.4 Å². The maximum atomic E-state index is 13.2. The van der Waals surface area contributed by atoms with E-state index in [9.17, 15) is 5.11 Å². The number of aromatic nitrogens is 3. The molecule has 0 aliphatic heterocycles. The van der Waals surface area contributed by atoms with E-state index >= 15 is 0 Å². The van der Waals surface area contributed by atoms with Crippen LogP contribution in [0.5, 0.6) is 5.75 Å². The summed E-state index contributed by atoms with van der Waals surface area (Å²) < 4.78 is 160. The highest BCUT2D eigenvalue weighted by Crippen LogP contribution is 2.47. The fourth-order valence-electron chi connectivity index (χ4n) is 8.42. The Bertz CT molecular complexity index is 3570. The molecule has 0 spiro atoms. The lowest BCUT2D eigenvalue weighted by molar-refractivity contribution is 0.446. The summed E-state index contributed by atoms with van der Waals surface area (Å²) in [7, 11) is 0. The molecule has 0 bridgehead atoms. The SMILES string of the molecule is [2H]C([2H])([2H])C(c1cc(-c2nc3c(-c4cc(-c5cc(-c6ccccc6)ccn5)cc(C(C)(C)C)c4)cccc3n2-c2c(C(C)C)cc(-c3ccccc3)cc2C(C)C)c(O)c(C(C([2H])([2H])[2H])(C([2H])([2H])[2H])C([2H])([2H])[2H])c1)(C([2H])([2H])[2H])C([2H])([2H])[2H]. The van der Waals surface area contributed by atoms with Gasteiger partial charge in [0.05, 0.1) is 28.0 Å². The third-order valence-corrected chi connectivity index (χ3v) is 11.9. The zero-order valence-corrected chi connectivity index (χ0v) is 37.2. The first-order valence-corrected chi connectivity index (χ1v) is 21.5.